The highest BCUT2D eigenvalue weighted by Crippen LogP contribution is 2.08. The quantitative estimate of drug-likeness (QED) is 0.179. The first kappa shape index (κ1) is 26.2. The van der Waals surface area contributed by atoms with Crippen molar-refractivity contribution in [3.05, 3.63) is 65.7 Å². The van der Waals surface area contributed by atoms with E-state index in [9.17, 15) is 0 Å². The van der Waals surface area contributed by atoms with Crippen molar-refractivity contribution in [2.24, 2.45) is 4.99 Å². The molecule has 0 saturated heterocycles. The molecule has 0 heterocycles. The predicted molar refractivity (Wildman–Crippen MR) is 133 cm³/mol. The summed E-state index contributed by atoms with van der Waals surface area (Å²) in [5, 5.41) is 6.66. The lowest BCUT2D eigenvalue weighted by Crippen LogP contribution is -2.37. The van der Waals surface area contributed by atoms with Crippen LogP contribution in [0.2, 0.25) is 0 Å². The number of nitrogens with one attached hydrogen (secondary N) is 2. The van der Waals surface area contributed by atoms with Crippen molar-refractivity contribution in [3.8, 4) is 5.75 Å². The summed E-state index contributed by atoms with van der Waals surface area (Å²) in [6.07, 6.45) is 0.893. The Morgan fingerprint density at radius 2 is 1.67 bits per heavy atom. The van der Waals surface area contributed by atoms with Gasteiger partial charge in [-0.2, -0.15) is 0 Å². The first-order chi connectivity index (χ1) is 14.3. The molecular weight excluding hydrogens is 493 g/mol. The second-order valence-electron chi connectivity index (χ2n) is 6.44. The first-order valence-corrected chi connectivity index (χ1v) is 10.2. The third kappa shape index (κ3) is 11.4. The predicted octanol–water partition coefficient (Wildman–Crippen LogP) is 3.99. The maximum atomic E-state index is 5.70. The molecule has 6 nitrogen and oxygen atoms in total. The van der Waals surface area contributed by atoms with E-state index < -0.39 is 0 Å². The van der Waals surface area contributed by atoms with Crippen molar-refractivity contribution in [2.45, 2.75) is 26.5 Å². The summed E-state index contributed by atoms with van der Waals surface area (Å²) in [5.41, 5.74) is 2.34. The third-order valence-corrected chi connectivity index (χ3v) is 4.15. The standard InChI is InChI=1S/C23H33N3O3.HI/c1-3-27-15-16-28-19-21-10-7-9-20(17-21)18-26-23(24-2)25-13-8-14-29-22-11-5-4-6-12-22;/h4-7,9-12,17H,3,8,13-16,18-19H2,1-2H3,(H2,24,25,26);1H. The molecule has 2 aromatic rings. The molecule has 2 rings (SSSR count). The average Bonchev–Trinajstić information content (AvgIpc) is 2.76. The molecule has 0 fully saturated rings. The maximum absolute atomic E-state index is 5.70. The highest BCUT2D eigenvalue weighted by molar-refractivity contribution is 14.0. The summed E-state index contributed by atoms with van der Waals surface area (Å²) >= 11 is 0. The zero-order valence-electron chi connectivity index (χ0n) is 17.9. The monoisotopic (exact) mass is 527 g/mol. The van der Waals surface area contributed by atoms with Crippen molar-refractivity contribution in [1.29, 1.82) is 0 Å². The number of halogens is 1. The van der Waals surface area contributed by atoms with E-state index >= 15 is 0 Å². The lowest BCUT2D eigenvalue weighted by Gasteiger charge is -2.13. The van der Waals surface area contributed by atoms with Crippen molar-refractivity contribution in [2.75, 3.05) is 40.0 Å². The normalized spacial score (nSPS) is 10.9. The number of rotatable bonds is 13. The second-order valence-corrected chi connectivity index (χ2v) is 6.44. The molecule has 0 aromatic heterocycles. The number of benzene rings is 2. The van der Waals surface area contributed by atoms with E-state index in [1.807, 2.05) is 37.3 Å². The number of hydrogen-bond donors (Lipinski definition) is 2. The van der Waals surface area contributed by atoms with Gasteiger partial charge in [-0.3, -0.25) is 4.99 Å². The molecule has 2 aromatic carbocycles. The fourth-order valence-electron chi connectivity index (χ4n) is 2.67. The summed E-state index contributed by atoms with van der Waals surface area (Å²) in [5.74, 6) is 1.68. The highest BCUT2D eigenvalue weighted by atomic mass is 127. The van der Waals surface area contributed by atoms with Gasteiger partial charge < -0.3 is 24.8 Å². The van der Waals surface area contributed by atoms with Crippen LogP contribution in [-0.2, 0) is 22.6 Å². The van der Waals surface area contributed by atoms with Crippen LogP contribution in [-0.4, -0.2) is 46.0 Å². The van der Waals surface area contributed by atoms with E-state index in [2.05, 4.69) is 39.9 Å². The minimum absolute atomic E-state index is 0. The van der Waals surface area contributed by atoms with Crippen molar-refractivity contribution < 1.29 is 14.2 Å². The van der Waals surface area contributed by atoms with E-state index in [-0.39, 0.29) is 24.0 Å². The van der Waals surface area contributed by atoms with Crippen molar-refractivity contribution in [1.82, 2.24) is 10.6 Å². The molecule has 0 bridgehead atoms. The van der Waals surface area contributed by atoms with Crippen LogP contribution in [0.15, 0.2) is 59.6 Å². The van der Waals surface area contributed by atoms with Crippen LogP contribution in [0.3, 0.4) is 0 Å². The Morgan fingerprint density at radius 1 is 0.900 bits per heavy atom. The van der Waals surface area contributed by atoms with Gasteiger partial charge in [0.1, 0.15) is 5.75 Å². The lowest BCUT2D eigenvalue weighted by molar-refractivity contribution is 0.0453. The molecule has 0 amide bonds. The van der Waals surface area contributed by atoms with Gasteiger partial charge >= 0.3 is 0 Å². The molecule has 2 N–H and O–H groups in total. The molecule has 30 heavy (non-hydrogen) atoms. The minimum Gasteiger partial charge on any atom is -0.494 e. The summed E-state index contributed by atoms with van der Waals surface area (Å²) < 4.78 is 16.6. The smallest absolute Gasteiger partial charge is 0.191 e. The Hall–Kier alpha value is -1.84. The number of para-hydroxylation sites is 1. The lowest BCUT2D eigenvalue weighted by atomic mass is 10.1. The van der Waals surface area contributed by atoms with Gasteiger partial charge in [0.05, 0.1) is 26.4 Å². The SMILES string of the molecule is CCOCCOCc1cccc(CNC(=NC)NCCCOc2ccccc2)c1.I. The zero-order chi connectivity index (χ0) is 20.6. The molecule has 0 saturated carbocycles. The van der Waals surface area contributed by atoms with Crippen LogP contribution >= 0.6 is 24.0 Å². The van der Waals surface area contributed by atoms with Gasteiger partial charge in [-0.25, -0.2) is 0 Å². The summed E-state index contributed by atoms with van der Waals surface area (Å²) in [4.78, 5) is 4.27. The number of ether oxygens (including phenoxy) is 3. The summed E-state index contributed by atoms with van der Waals surface area (Å²) in [7, 11) is 1.78. The molecule has 0 aliphatic heterocycles. The summed E-state index contributed by atoms with van der Waals surface area (Å²) in [6, 6.07) is 18.2. The maximum Gasteiger partial charge on any atom is 0.191 e. The van der Waals surface area contributed by atoms with E-state index in [1.54, 1.807) is 7.05 Å². The zero-order valence-corrected chi connectivity index (χ0v) is 20.3. The number of guanidine groups is 1. The molecule has 7 heteroatoms. The van der Waals surface area contributed by atoms with Crippen LogP contribution < -0.4 is 15.4 Å². The van der Waals surface area contributed by atoms with Crippen LogP contribution in [0.25, 0.3) is 0 Å². The molecule has 0 spiro atoms. The number of hydrogen-bond acceptors (Lipinski definition) is 4. The van der Waals surface area contributed by atoms with Gasteiger partial charge in [-0.05, 0) is 36.6 Å². The highest BCUT2D eigenvalue weighted by Gasteiger charge is 2.01. The van der Waals surface area contributed by atoms with Gasteiger partial charge in [0, 0.05) is 26.7 Å². The van der Waals surface area contributed by atoms with Gasteiger partial charge in [0.25, 0.3) is 0 Å². The van der Waals surface area contributed by atoms with Gasteiger partial charge in [0.2, 0.25) is 0 Å². The Kier molecular flexibility index (Phi) is 14.8. The Bertz CT molecular complexity index is 714. The van der Waals surface area contributed by atoms with Crippen molar-refractivity contribution >= 4 is 29.9 Å². The minimum atomic E-state index is 0. The van der Waals surface area contributed by atoms with Crippen LogP contribution in [0, 0.1) is 0 Å². The van der Waals surface area contributed by atoms with E-state index in [4.69, 9.17) is 14.2 Å². The Morgan fingerprint density at radius 3 is 2.43 bits per heavy atom. The van der Waals surface area contributed by atoms with E-state index in [0.29, 0.717) is 33.0 Å². The molecule has 0 unspecified atom stereocenters. The summed E-state index contributed by atoms with van der Waals surface area (Å²) in [6.45, 7) is 6.70. The van der Waals surface area contributed by atoms with Crippen LogP contribution in [0.4, 0.5) is 0 Å². The third-order valence-electron chi connectivity index (χ3n) is 4.15. The first-order valence-electron chi connectivity index (χ1n) is 10.2. The topological polar surface area (TPSA) is 64.1 Å². The number of nitrogens with zero attached hydrogens (tertiary/aromatic N) is 1. The Labute approximate surface area is 197 Å². The fraction of sp³-hybridized carbons (Fsp3) is 0.435. The molecule has 0 aliphatic carbocycles. The largest absolute Gasteiger partial charge is 0.494 e. The fourth-order valence-corrected chi connectivity index (χ4v) is 2.67. The molecule has 0 atom stereocenters. The van der Waals surface area contributed by atoms with E-state index in [1.165, 1.54) is 5.56 Å². The molecule has 166 valence electrons. The van der Waals surface area contributed by atoms with Crippen LogP contribution in [0.1, 0.15) is 24.5 Å². The molecule has 0 radical (unpaired) electrons. The van der Waals surface area contributed by atoms with Crippen molar-refractivity contribution in [3.63, 3.8) is 0 Å². The van der Waals surface area contributed by atoms with Crippen LogP contribution in [0.5, 0.6) is 5.75 Å². The molecule has 0 aliphatic rings. The van der Waals surface area contributed by atoms with Gasteiger partial charge in [-0.15, -0.1) is 24.0 Å². The Balaban J connectivity index is 0.00000450. The average molecular weight is 527 g/mol. The van der Waals surface area contributed by atoms with E-state index in [0.717, 1.165) is 36.8 Å². The van der Waals surface area contributed by atoms with Gasteiger partial charge in [0.15, 0.2) is 5.96 Å². The van der Waals surface area contributed by atoms with Gasteiger partial charge in [-0.1, -0.05) is 42.5 Å². The number of aliphatic imine (C=N–C) groups is 1. The second kappa shape index (κ2) is 16.9. The molecular formula is C23H34IN3O3.